The molecule has 5 heteroatoms. The molecule has 4 nitrogen and oxygen atoms in total. The normalized spacial score (nSPS) is 9.67. The number of benzene rings is 2. The van der Waals surface area contributed by atoms with Crippen LogP contribution in [-0.4, -0.2) is 11.8 Å². The Kier molecular flexibility index (Phi) is 6.28. The predicted octanol–water partition coefficient (Wildman–Crippen LogP) is 3.22. The lowest BCUT2D eigenvalue weighted by atomic mass is 10.0. The molecule has 0 bridgehead atoms. The molecule has 3 rings (SSSR count). The average Bonchev–Trinajstić information content (AvgIpc) is 3.02. The highest BCUT2D eigenvalue weighted by molar-refractivity contribution is 7.10. The van der Waals surface area contributed by atoms with E-state index in [0.717, 1.165) is 10.4 Å². The number of nitrogens with two attached hydrogens (primary N) is 2. The molecule has 24 heavy (non-hydrogen) atoms. The molecule has 2 amide bonds. The molecule has 2 aromatic carbocycles. The van der Waals surface area contributed by atoms with Crippen LogP contribution in [0.3, 0.4) is 0 Å². The summed E-state index contributed by atoms with van der Waals surface area (Å²) < 4.78 is 0. The predicted molar refractivity (Wildman–Crippen MR) is 97.0 cm³/mol. The number of primary amides is 2. The molecule has 0 radical (unpaired) electrons. The zero-order valence-electron chi connectivity index (χ0n) is 13.0. The van der Waals surface area contributed by atoms with Gasteiger partial charge in [0.05, 0.1) is 11.1 Å². The van der Waals surface area contributed by atoms with Crippen molar-refractivity contribution in [2.45, 2.75) is 6.42 Å². The summed E-state index contributed by atoms with van der Waals surface area (Å²) in [6.07, 6.45) is 0.567. The number of hydrogen-bond acceptors (Lipinski definition) is 3. The van der Waals surface area contributed by atoms with Gasteiger partial charge in [-0.3, -0.25) is 9.59 Å². The van der Waals surface area contributed by atoms with Crippen LogP contribution in [0.4, 0.5) is 0 Å². The fraction of sp³-hybridized carbons (Fsp3) is 0.0526. The van der Waals surface area contributed by atoms with E-state index >= 15 is 0 Å². The van der Waals surface area contributed by atoms with Crippen LogP contribution in [0.1, 0.15) is 31.2 Å². The molecule has 1 aromatic heterocycles. The molecule has 3 aromatic rings. The second kappa shape index (κ2) is 8.64. The Morgan fingerprint density at radius 1 is 0.792 bits per heavy atom. The van der Waals surface area contributed by atoms with Gasteiger partial charge >= 0.3 is 0 Å². The van der Waals surface area contributed by atoms with Gasteiger partial charge in [0, 0.05) is 16.7 Å². The van der Waals surface area contributed by atoms with Crippen LogP contribution in [0.25, 0.3) is 0 Å². The van der Waals surface area contributed by atoms with E-state index in [1.165, 1.54) is 11.3 Å². The maximum atomic E-state index is 11.4. The van der Waals surface area contributed by atoms with Crippen LogP contribution in [-0.2, 0) is 6.42 Å². The molecule has 1 heterocycles. The Morgan fingerprint density at radius 3 is 1.75 bits per heavy atom. The Balaban J connectivity index is 0.000000292. The maximum absolute atomic E-state index is 11.4. The zero-order valence-corrected chi connectivity index (χ0v) is 13.8. The fourth-order valence-electron chi connectivity index (χ4n) is 2.15. The van der Waals surface area contributed by atoms with Gasteiger partial charge in [-0.2, -0.15) is 0 Å². The Hall–Kier alpha value is -2.92. The molecule has 0 fully saturated rings. The number of carbonyl (C=O) groups is 2. The summed E-state index contributed by atoms with van der Waals surface area (Å²) >= 11 is 1.33. The third-order valence-electron chi connectivity index (χ3n) is 3.25. The van der Waals surface area contributed by atoms with Crippen LogP contribution in [0.5, 0.6) is 0 Å². The van der Waals surface area contributed by atoms with E-state index in [-0.39, 0.29) is 11.1 Å². The van der Waals surface area contributed by atoms with E-state index in [4.69, 9.17) is 11.5 Å². The van der Waals surface area contributed by atoms with Gasteiger partial charge in [0.1, 0.15) is 0 Å². The van der Waals surface area contributed by atoms with Crippen LogP contribution in [0, 0.1) is 0 Å². The third kappa shape index (κ3) is 4.79. The lowest BCUT2D eigenvalue weighted by molar-refractivity contribution is 0.0967. The molecule has 4 N–H and O–H groups in total. The van der Waals surface area contributed by atoms with E-state index in [9.17, 15) is 9.59 Å². The van der Waals surface area contributed by atoms with Gasteiger partial charge < -0.3 is 11.5 Å². The fourth-order valence-corrected chi connectivity index (χ4v) is 3.22. The van der Waals surface area contributed by atoms with Crippen molar-refractivity contribution in [1.29, 1.82) is 0 Å². The topological polar surface area (TPSA) is 86.2 Å². The number of amides is 2. The molecule has 0 spiro atoms. The quantitative estimate of drug-likeness (QED) is 0.765. The van der Waals surface area contributed by atoms with Crippen LogP contribution in [0.15, 0.2) is 72.1 Å². The van der Waals surface area contributed by atoms with E-state index in [0.29, 0.717) is 6.42 Å². The van der Waals surface area contributed by atoms with E-state index in [1.807, 2.05) is 66.7 Å². The van der Waals surface area contributed by atoms with Crippen LogP contribution < -0.4 is 11.5 Å². The zero-order chi connectivity index (χ0) is 17.4. The van der Waals surface area contributed by atoms with Crippen molar-refractivity contribution in [2.75, 3.05) is 0 Å². The summed E-state index contributed by atoms with van der Waals surface area (Å²) in [6, 6.07) is 21.7. The van der Waals surface area contributed by atoms with Crippen molar-refractivity contribution >= 4 is 23.2 Å². The van der Waals surface area contributed by atoms with Crippen molar-refractivity contribution in [2.24, 2.45) is 11.5 Å². The largest absolute Gasteiger partial charge is 0.366 e. The summed E-state index contributed by atoms with van der Waals surface area (Å²) in [5.74, 6) is -1.24. The molecular formula is C19H18N2O2S. The average molecular weight is 338 g/mol. The highest BCUT2D eigenvalue weighted by atomic mass is 32.1. The van der Waals surface area contributed by atoms with Gasteiger partial charge in [0.2, 0.25) is 5.91 Å². The summed E-state index contributed by atoms with van der Waals surface area (Å²) in [6.45, 7) is 0. The van der Waals surface area contributed by atoms with Crippen LogP contribution in [0.2, 0.25) is 0 Å². The highest BCUT2D eigenvalue weighted by Crippen LogP contribution is 2.24. The maximum Gasteiger partial charge on any atom is 0.250 e. The first-order chi connectivity index (χ1) is 11.6. The molecule has 0 unspecified atom stereocenters. The molecule has 0 aliphatic heterocycles. The minimum absolute atomic E-state index is 0.207. The second-order valence-electron chi connectivity index (χ2n) is 4.99. The molecular weight excluding hydrogens is 320 g/mol. The summed E-state index contributed by atoms with van der Waals surface area (Å²) in [5, 5.41) is 1.58. The van der Waals surface area contributed by atoms with Crippen molar-refractivity contribution < 1.29 is 9.59 Å². The Bertz CT molecular complexity index is 772. The minimum atomic E-state index is -0.626. The Morgan fingerprint density at radius 2 is 1.29 bits per heavy atom. The molecule has 0 aliphatic carbocycles. The van der Waals surface area contributed by atoms with Crippen molar-refractivity contribution in [3.05, 3.63) is 93.7 Å². The van der Waals surface area contributed by atoms with Gasteiger partial charge in [-0.15, -0.1) is 11.3 Å². The van der Waals surface area contributed by atoms with E-state index in [1.54, 1.807) is 5.38 Å². The summed E-state index contributed by atoms with van der Waals surface area (Å²) in [4.78, 5) is 23.4. The molecule has 0 aliphatic rings. The summed E-state index contributed by atoms with van der Waals surface area (Å²) in [5.41, 5.74) is 12.0. The van der Waals surface area contributed by atoms with Crippen molar-refractivity contribution in [3.63, 3.8) is 0 Å². The number of rotatable bonds is 4. The lowest BCUT2D eigenvalue weighted by Gasteiger charge is -2.02. The first-order valence-corrected chi connectivity index (χ1v) is 8.21. The standard InChI is InChI=1S/C13H12N2O2S.C6H6/c14-12(16)9-7-18-10(11(9)13(15)17)6-8-4-2-1-3-5-8;1-2-4-6-5-3-1/h1-5,7H,6H2,(H2,14,16)(H2,15,17);1-6H. The van der Waals surface area contributed by atoms with Crippen molar-refractivity contribution in [3.8, 4) is 0 Å². The number of thiophene rings is 1. The molecule has 0 saturated carbocycles. The minimum Gasteiger partial charge on any atom is -0.366 e. The monoisotopic (exact) mass is 338 g/mol. The van der Waals surface area contributed by atoms with Crippen molar-refractivity contribution in [1.82, 2.24) is 0 Å². The first-order valence-electron chi connectivity index (χ1n) is 7.33. The lowest BCUT2D eigenvalue weighted by Crippen LogP contribution is -2.20. The van der Waals surface area contributed by atoms with Crippen LogP contribution >= 0.6 is 11.3 Å². The number of hydrogen-bond donors (Lipinski definition) is 2. The number of carbonyl (C=O) groups excluding carboxylic acids is 2. The SMILES string of the molecule is NC(=O)c1csc(Cc2ccccc2)c1C(N)=O.c1ccccc1. The molecule has 122 valence electrons. The van der Waals surface area contributed by atoms with Gasteiger partial charge in [-0.25, -0.2) is 0 Å². The molecule has 0 atom stereocenters. The highest BCUT2D eigenvalue weighted by Gasteiger charge is 2.19. The molecule has 0 saturated heterocycles. The third-order valence-corrected chi connectivity index (χ3v) is 4.24. The van der Waals surface area contributed by atoms with E-state index < -0.39 is 11.8 Å². The Labute approximate surface area is 144 Å². The van der Waals surface area contributed by atoms with Gasteiger partial charge in [-0.1, -0.05) is 66.7 Å². The smallest absolute Gasteiger partial charge is 0.250 e. The van der Waals surface area contributed by atoms with Gasteiger partial charge in [0.15, 0.2) is 0 Å². The van der Waals surface area contributed by atoms with E-state index in [2.05, 4.69) is 0 Å². The second-order valence-corrected chi connectivity index (χ2v) is 5.96. The van der Waals surface area contributed by atoms with Gasteiger partial charge in [-0.05, 0) is 5.56 Å². The van der Waals surface area contributed by atoms with Gasteiger partial charge in [0.25, 0.3) is 5.91 Å². The first kappa shape index (κ1) is 17.4. The summed E-state index contributed by atoms with van der Waals surface area (Å²) in [7, 11) is 0.